The number of amides is 2. The lowest BCUT2D eigenvalue weighted by Crippen LogP contribution is -2.51. The van der Waals surface area contributed by atoms with Crippen molar-refractivity contribution in [3.05, 3.63) is 97.9 Å². The SMILES string of the molecule is CCCCNC(=O)C(Cc1ccccc1)N(Cc1ccc(Cl)c(Cl)c1)C(=O)COc1ccc(Cl)cc1Cl. The summed E-state index contributed by atoms with van der Waals surface area (Å²) in [5.41, 5.74) is 1.65. The molecule has 0 spiro atoms. The lowest BCUT2D eigenvalue weighted by Gasteiger charge is -2.31. The predicted octanol–water partition coefficient (Wildman–Crippen LogP) is 7.24. The summed E-state index contributed by atoms with van der Waals surface area (Å²) in [6.07, 6.45) is 2.10. The molecule has 3 aromatic carbocycles. The van der Waals surface area contributed by atoms with Gasteiger partial charge in [0.2, 0.25) is 5.91 Å². The van der Waals surface area contributed by atoms with Gasteiger partial charge in [0.15, 0.2) is 6.61 Å². The molecular formula is C28H28Cl4N2O3. The Morgan fingerprint density at radius 2 is 1.65 bits per heavy atom. The largest absolute Gasteiger partial charge is 0.482 e. The summed E-state index contributed by atoms with van der Waals surface area (Å²) in [5.74, 6) is -0.306. The Labute approximate surface area is 237 Å². The van der Waals surface area contributed by atoms with Gasteiger partial charge in [0.05, 0.1) is 15.1 Å². The summed E-state index contributed by atoms with van der Waals surface area (Å²) in [6, 6.07) is 18.7. The highest BCUT2D eigenvalue weighted by atomic mass is 35.5. The van der Waals surface area contributed by atoms with Crippen LogP contribution in [0.25, 0.3) is 0 Å². The lowest BCUT2D eigenvalue weighted by molar-refractivity contribution is -0.142. The molecule has 0 radical (unpaired) electrons. The second-order valence-corrected chi connectivity index (χ2v) is 10.1. The van der Waals surface area contributed by atoms with Gasteiger partial charge in [0.1, 0.15) is 11.8 Å². The number of ether oxygens (including phenoxy) is 1. The maximum Gasteiger partial charge on any atom is 0.261 e. The quantitative estimate of drug-likeness (QED) is 0.229. The fourth-order valence-corrected chi connectivity index (χ4v) is 4.49. The van der Waals surface area contributed by atoms with E-state index in [2.05, 4.69) is 5.32 Å². The maximum absolute atomic E-state index is 13.6. The minimum absolute atomic E-state index is 0.131. The van der Waals surface area contributed by atoms with Gasteiger partial charge in [0.25, 0.3) is 5.91 Å². The number of rotatable bonds is 12. The Morgan fingerprint density at radius 1 is 0.892 bits per heavy atom. The van der Waals surface area contributed by atoms with Crippen molar-refractivity contribution in [1.82, 2.24) is 10.2 Å². The first-order valence-corrected chi connectivity index (χ1v) is 13.4. The summed E-state index contributed by atoms with van der Waals surface area (Å²) in [5, 5.41) is 4.49. The van der Waals surface area contributed by atoms with E-state index in [4.69, 9.17) is 51.1 Å². The van der Waals surface area contributed by atoms with Gasteiger partial charge in [-0.05, 0) is 47.9 Å². The molecule has 196 valence electrons. The van der Waals surface area contributed by atoms with Gasteiger partial charge < -0.3 is 15.0 Å². The molecule has 0 bridgehead atoms. The zero-order chi connectivity index (χ0) is 26.8. The molecule has 0 saturated heterocycles. The van der Waals surface area contributed by atoms with Crippen molar-refractivity contribution in [2.24, 2.45) is 0 Å². The van der Waals surface area contributed by atoms with E-state index >= 15 is 0 Å². The van der Waals surface area contributed by atoms with Crippen LogP contribution in [0, 0.1) is 0 Å². The first kappa shape index (κ1) is 29.1. The molecule has 1 unspecified atom stereocenters. The maximum atomic E-state index is 13.6. The Bertz CT molecular complexity index is 1210. The number of nitrogens with zero attached hydrogens (tertiary/aromatic N) is 1. The monoisotopic (exact) mass is 580 g/mol. The summed E-state index contributed by atoms with van der Waals surface area (Å²) in [4.78, 5) is 28.5. The highest BCUT2D eigenvalue weighted by molar-refractivity contribution is 6.42. The fourth-order valence-electron chi connectivity index (χ4n) is 3.71. The molecule has 3 aromatic rings. The van der Waals surface area contributed by atoms with E-state index in [9.17, 15) is 9.59 Å². The van der Waals surface area contributed by atoms with E-state index in [0.29, 0.717) is 33.8 Å². The average molecular weight is 582 g/mol. The van der Waals surface area contributed by atoms with E-state index in [1.807, 2.05) is 37.3 Å². The standard InChI is InChI=1S/C28H28Cl4N2O3/c1-2-3-13-33-28(36)25(15-19-7-5-4-6-8-19)34(17-20-9-11-22(30)23(31)14-20)27(35)18-37-26-12-10-21(29)16-24(26)32/h4-12,14,16,25H,2-3,13,15,17-18H2,1H3,(H,33,36). The van der Waals surface area contributed by atoms with E-state index in [-0.39, 0.29) is 30.0 Å². The van der Waals surface area contributed by atoms with Crippen molar-refractivity contribution in [2.45, 2.75) is 38.8 Å². The average Bonchev–Trinajstić information content (AvgIpc) is 2.88. The normalized spacial score (nSPS) is 11.6. The van der Waals surface area contributed by atoms with E-state index < -0.39 is 6.04 Å². The van der Waals surface area contributed by atoms with Crippen LogP contribution < -0.4 is 10.1 Å². The molecule has 1 atom stereocenters. The number of carbonyl (C=O) groups is 2. The molecule has 0 saturated carbocycles. The lowest BCUT2D eigenvalue weighted by atomic mass is 10.0. The molecule has 3 rings (SSSR count). The summed E-state index contributed by atoms with van der Waals surface area (Å²) < 4.78 is 5.73. The van der Waals surface area contributed by atoms with Crippen LogP contribution in [0.2, 0.25) is 20.1 Å². The molecule has 0 aliphatic heterocycles. The van der Waals surface area contributed by atoms with Crippen LogP contribution in [0.1, 0.15) is 30.9 Å². The van der Waals surface area contributed by atoms with Crippen LogP contribution in [0.3, 0.4) is 0 Å². The third-order valence-electron chi connectivity index (χ3n) is 5.68. The smallest absolute Gasteiger partial charge is 0.261 e. The second kappa shape index (κ2) is 14.5. The van der Waals surface area contributed by atoms with Crippen LogP contribution in [-0.4, -0.2) is 35.9 Å². The van der Waals surface area contributed by atoms with Gasteiger partial charge in [-0.25, -0.2) is 0 Å². The van der Waals surface area contributed by atoms with Crippen LogP contribution in [-0.2, 0) is 22.6 Å². The molecule has 0 aromatic heterocycles. The Hall–Kier alpha value is -2.44. The number of halogens is 4. The molecule has 37 heavy (non-hydrogen) atoms. The van der Waals surface area contributed by atoms with Crippen molar-refractivity contribution in [3.63, 3.8) is 0 Å². The van der Waals surface area contributed by atoms with Crippen LogP contribution >= 0.6 is 46.4 Å². The molecular weight excluding hydrogens is 554 g/mol. The third kappa shape index (κ3) is 8.82. The number of unbranched alkanes of at least 4 members (excludes halogenated alkanes) is 1. The number of hydrogen-bond acceptors (Lipinski definition) is 3. The van der Waals surface area contributed by atoms with Crippen molar-refractivity contribution in [1.29, 1.82) is 0 Å². The summed E-state index contributed by atoms with van der Waals surface area (Å²) in [6.45, 7) is 2.38. The van der Waals surface area contributed by atoms with Crippen molar-refractivity contribution < 1.29 is 14.3 Å². The van der Waals surface area contributed by atoms with Crippen LogP contribution in [0.5, 0.6) is 5.75 Å². The molecule has 0 fully saturated rings. The number of carbonyl (C=O) groups excluding carboxylic acids is 2. The van der Waals surface area contributed by atoms with Gasteiger partial charge >= 0.3 is 0 Å². The topological polar surface area (TPSA) is 58.6 Å². The number of nitrogens with one attached hydrogen (secondary N) is 1. The summed E-state index contributed by atoms with van der Waals surface area (Å²) >= 11 is 24.5. The minimum atomic E-state index is -0.787. The van der Waals surface area contributed by atoms with Crippen molar-refractivity contribution in [2.75, 3.05) is 13.2 Å². The van der Waals surface area contributed by atoms with E-state index in [1.54, 1.807) is 30.3 Å². The number of hydrogen-bond donors (Lipinski definition) is 1. The predicted molar refractivity (Wildman–Crippen MR) is 151 cm³/mol. The molecule has 9 heteroatoms. The molecule has 0 aliphatic rings. The van der Waals surface area contributed by atoms with Crippen LogP contribution in [0.4, 0.5) is 0 Å². The van der Waals surface area contributed by atoms with Gasteiger partial charge in [-0.1, -0.05) is 96.1 Å². The van der Waals surface area contributed by atoms with E-state index in [0.717, 1.165) is 24.0 Å². The zero-order valence-corrected chi connectivity index (χ0v) is 23.4. The first-order valence-electron chi connectivity index (χ1n) is 11.9. The van der Waals surface area contributed by atoms with Gasteiger partial charge in [-0.15, -0.1) is 0 Å². The molecule has 0 heterocycles. The highest BCUT2D eigenvalue weighted by Gasteiger charge is 2.30. The molecule has 2 amide bonds. The Balaban J connectivity index is 1.92. The molecule has 5 nitrogen and oxygen atoms in total. The van der Waals surface area contributed by atoms with Gasteiger partial charge in [-0.3, -0.25) is 9.59 Å². The molecule has 1 N–H and O–H groups in total. The Kier molecular flexibility index (Phi) is 11.4. The second-order valence-electron chi connectivity index (χ2n) is 8.48. The van der Waals surface area contributed by atoms with Crippen molar-refractivity contribution in [3.8, 4) is 5.75 Å². The van der Waals surface area contributed by atoms with Gasteiger partial charge in [0, 0.05) is 24.5 Å². The Morgan fingerprint density at radius 3 is 2.32 bits per heavy atom. The minimum Gasteiger partial charge on any atom is -0.482 e. The van der Waals surface area contributed by atoms with Crippen LogP contribution in [0.15, 0.2) is 66.7 Å². The van der Waals surface area contributed by atoms with E-state index in [1.165, 1.54) is 11.0 Å². The van der Waals surface area contributed by atoms with Crippen molar-refractivity contribution >= 4 is 58.2 Å². The fraction of sp³-hybridized carbons (Fsp3) is 0.286. The van der Waals surface area contributed by atoms with Gasteiger partial charge in [-0.2, -0.15) is 0 Å². The number of benzene rings is 3. The molecule has 0 aliphatic carbocycles. The third-order valence-corrected chi connectivity index (χ3v) is 6.95. The summed E-state index contributed by atoms with van der Waals surface area (Å²) in [7, 11) is 0. The zero-order valence-electron chi connectivity index (χ0n) is 20.4. The first-order chi connectivity index (χ1) is 17.8. The highest BCUT2D eigenvalue weighted by Crippen LogP contribution is 2.28.